The lowest BCUT2D eigenvalue weighted by Crippen LogP contribution is -2.33. The second-order valence-corrected chi connectivity index (χ2v) is 4.64. The number of nitrogens with one attached hydrogen (secondary N) is 1. The van der Waals surface area contributed by atoms with Gasteiger partial charge in [0.2, 0.25) is 5.91 Å². The minimum atomic E-state index is -0.235. The van der Waals surface area contributed by atoms with Crippen LogP contribution < -0.4 is 5.32 Å². The third-order valence-electron chi connectivity index (χ3n) is 3.26. The first-order valence-corrected chi connectivity index (χ1v) is 6.12. The molecule has 92 valence electrons. The lowest BCUT2D eigenvalue weighted by Gasteiger charge is -2.11. The first-order chi connectivity index (χ1) is 8.16. The highest BCUT2D eigenvalue weighted by Crippen LogP contribution is 2.13. The molecular weight excluding hydrogens is 214 g/mol. The number of ether oxygens (including phenoxy) is 1. The van der Waals surface area contributed by atoms with Crippen LogP contribution in [0.2, 0.25) is 0 Å². The zero-order valence-corrected chi connectivity index (χ0v) is 10.5. The highest BCUT2D eigenvalue weighted by molar-refractivity contribution is 5.80. The molecular formula is C14H19NO2. The van der Waals surface area contributed by atoms with Crippen molar-refractivity contribution in [3.05, 3.63) is 34.9 Å². The van der Waals surface area contributed by atoms with Gasteiger partial charge >= 0.3 is 0 Å². The summed E-state index contributed by atoms with van der Waals surface area (Å²) < 4.78 is 5.33. The van der Waals surface area contributed by atoms with Crippen LogP contribution in [0.4, 0.5) is 0 Å². The Hall–Kier alpha value is -1.35. The summed E-state index contributed by atoms with van der Waals surface area (Å²) in [5.41, 5.74) is 3.67. The molecule has 2 rings (SSSR count). The molecule has 0 aliphatic carbocycles. The molecule has 0 saturated carbocycles. The molecule has 0 bridgehead atoms. The van der Waals surface area contributed by atoms with Crippen molar-refractivity contribution in [2.45, 2.75) is 39.3 Å². The molecule has 1 aromatic carbocycles. The first-order valence-electron chi connectivity index (χ1n) is 6.12. The van der Waals surface area contributed by atoms with E-state index in [4.69, 9.17) is 4.74 Å². The van der Waals surface area contributed by atoms with Gasteiger partial charge in [0, 0.05) is 13.2 Å². The zero-order valence-electron chi connectivity index (χ0n) is 10.5. The molecule has 3 heteroatoms. The van der Waals surface area contributed by atoms with Crippen LogP contribution in [0, 0.1) is 13.8 Å². The molecule has 1 heterocycles. The third kappa shape index (κ3) is 3.07. The second-order valence-electron chi connectivity index (χ2n) is 4.64. The Labute approximate surface area is 102 Å². The Morgan fingerprint density at radius 3 is 2.88 bits per heavy atom. The molecule has 1 fully saturated rings. The van der Waals surface area contributed by atoms with E-state index >= 15 is 0 Å². The van der Waals surface area contributed by atoms with Crippen LogP contribution in [0.3, 0.4) is 0 Å². The van der Waals surface area contributed by atoms with Crippen LogP contribution in [-0.2, 0) is 16.1 Å². The highest BCUT2D eigenvalue weighted by atomic mass is 16.5. The van der Waals surface area contributed by atoms with E-state index < -0.39 is 0 Å². The summed E-state index contributed by atoms with van der Waals surface area (Å²) in [6.07, 6.45) is 1.60. The number of carbonyl (C=O) groups is 1. The van der Waals surface area contributed by atoms with Gasteiger partial charge in [-0.25, -0.2) is 0 Å². The molecule has 0 spiro atoms. The topological polar surface area (TPSA) is 38.3 Å². The lowest BCUT2D eigenvalue weighted by molar-refractivity contribution is -0.130. The van der Waals surface area contributed by atoms with E-state index in [1.807, 2.05) is 0 Å². The van der Waals surface area contributed by atoms with Gasteiger partial charge in [0.25, 0.3) is 0 Å². The lowest BCUT2D eigenvalue weighted by atomic mass is 10.1. The van der Waals surface area contributed by atoms with Gasteiger partial charge in [0.05, 0.1) is 0 Å². The van der Waals surface area contributed by atoms with E-state index in [9.17, 15) is 4.79 Å². The van der Waals surface area contributed by atoms with Gasteiger partial charge in [-0.1, -0.05) is 18.2 Å². The van der Waals surface area contributed by atoms with Crippen molar-refractivity contribution in [3.63, 3.8) is 0 Å². The number of hydrogen-bond donors (Lipinski definition) is 1. The van der Waals surface area contributed by atoms with Crippen LogP contribution in [0.15, 0.2) is 18.2 Å². The SMILES string of the molecule is Cc1ccc(CNC(=O)C2CCCO2)cc1C. The molecule has 1 aliphatic heterocycles. The van der Waals surface area contributed by atoms with Crippen LogP contribution in [0.25, 0.3) is 0 Å². The summed E-state index contributed by atoms with van der Waals surface area (Å²) in [4.78, 5) is 11.7. The van der Waals surface area contributed by atoms with Crippen molar-refractivity contribution in [3.8, 4) is 0 Å². The van der Waals surface area contributed by atoms with Crippen molar-refractivity contribution in [1.82, 2.24) is 5.32 Å². The first kappa shape index (κ1) is 12.1. The maximum Gasteiger partial charge on any atom is 0.249 e. The minimum absolute atomic E-state index is 0.0146. The molecule has 0 aromatic heterocycles. The highest BCUT2D eigenvalue weighted by Gasteiger charge is 2.22. The van der Waals surface area contributed by atoms with Gasteiger partial charge in [-0.15, -0.1) is 0 Å². The summed E-state index contributed by atoms with van der Waals surface area (Å²) in [7, 11) is 0. The van der Waals surface area contributed by atoms with Crippen LogP contribution in [-0.4, -0.2) is 18.6 Å². The number of hydrogen-bond acceptors (Lipinski definition) is 2. The zero-order chi connectivity index (χ0) is 12.3. The predicted molar refractivity (Wildman–Crippen MR) is 66.7 cm³/mol. The summed E-state index contributed by atoms with van der Waals surface area (Å²) in [5, 5.41) is 2.92. The quantitative estimate of drug-likeness (QED) is 0.868. The Morgan fingerprint density at radius 1 is 1.41 bits per heavy atom. The molecule has 1 aromatic rings. The van der Waals surface area contributed by atoms with Crippen molar-refractivity contribution >= 4 is 5.91 Å². The maximum absolute atomic E-state index is 11.7. The molecule has 1 atom stereocenters. The fraction of sp³-hybridized carbons (Fsp3) is 0.500. The maximum atomic E-state index is 11.7. The predicted octanol–water partition coefficient (Wildman–Crippen LogP) is 2.10. The molecule has 3 nitrogen and oxygen atoms in total. The molecule has 0 radical (unpaired) electrons. The molecule has 1 aliphatic rings. The van der Waals surface area contributed by atoms with E-state index in [1.54, 1.807) is 0 Å². The van der Waals surface area contributed by atoms with Gasteiger partial charge in [-0.2, -0.15) is 0 Å². The van der Waals surface area contributed by atoms with Gasteiger partial charge in [0.15, 0.2) is 0 Å². The standard InChI is InChI=1S/C14H19NO2/c1-10-5-6-12(8-11(10)2)9-15-14(16)13-4-3-7-17-13/h5-6,8,13H,3-4,7,9H2,1-2H3,(H,15,16). The summed E-state index contributed by atoms with van der Waals surface area (Å²) in [6, 6.07) is 6.26. The summed E-state index contributed by atoms with van der Waals surface area (Å²) in [6.45, 7) is 5.46. The van der Waals surface area contributed by atoms with Crippen molar-refractivity contribution in [2.24, 2.45) is 0 Å². The largest absolute Gasteiger partial charge is 0.368 e. The van der Waals surface area contributed by atoms with Crippen LogP contribution in [0.5, 0.6) is 0 Å². The van der Waals surface area contributed by atoms with Crippen LogP contribution >= 0.6 is 0 Å². The van der Waals surface area contributed by atoms with Gasteiger partial charge < -0.3 is 10.1 Å². The average molecular weight is 233 g/mol. The molecule has 1 saturated heterocycles. The van der Waals surface area contributed by atoms with Gasteiger partial charge in [0.1, 0.15) is 6.10 Å². The van der Waals surface area contributed by atoms with E-state index in [0.717, 1.165) is 18.4 Å². The van der Waals surface area contributed by atoms with Crippen molar-refractivity contribution in [2.75, 3.05) is 6.61 Å². The second kappa shape index (κ2) is 5.32. The van der Waals surface area contributed by atoms with E-state index in [-0.39, 0.29) is 12.0 Å². The summed E-state index contributed by atoms with van der Waals surface area (Å²) >= 11 is 0. The summed E-state index contributed by atoms with van der Waals surface area (Å²) in [5.74, 6) is 0.0146. The normalized spacial score (nSPS) is 19.3. The monoisotopic (exact) mass is 233 g/mol. The van der Waals surface area contributed by atoms with Gasteiger partial charge in [-0.3, -0.25) is 4.79 Å². The minimum Gasteiger partial charge on any atom is -0.368 e. The number of aryl methyl sites for hydroxylation is 2. The average Bonchev–Trinajstić information content (AvgIpc) is 2.84. The fourth-order valence-corrected chi connectivity index (χ4v) is 2.00. The Bertz CT molecular complexity index is 409. The number of benzene rings is 1. The number of rotatable bonds is 3. The van der Waals surface area contributed by atoms with Gasteiger partial charge in [-0.05, 0) is 43.4 Å². The third-order valence-corrected chi connectivity index (χ3v) is 3.26. The van der Waals surface area contributed by atoms with Crippen molar-refractivity contribution < 1.29 is 9.53 Å². The fourth-order valence-electron chi connectivity index (χ4n) is 2.00. The number of carbonyl (C=O) groups excluding carboxylic acids is 1. The van der Waals surface area contributed by atoms with Crippen molar-refractivity contribution in [1.29, 1.82) is 0 Å². The van der Waals surface area contributed by atoms with Crippen LogP contribution in [0.1, 0.15) is 29.5 Å². The Kier molecular flexibility index (Phi) is 3.79. The molecule has 1 amide bonds. The molecule has 1 unspecified atom stereocenters. The Morgan fingerprint density at radius 2 is 2.24 bits per heavy atom. The smallest absolute Gasteiger partial charge is 0.249 e. The molecule has 17 heavy (non-hydrogen) atoms. The molecule has 1 N–H and O–H groups in total. The Balaban J connectivity index is 1.88. The van der Waals surface area contributed by atoms with E-state index in [0.29, 0.717) is 13.2 Å². The number of amides is 1. The van der Waals surface area contributed by atoms with E-state index in [1.165, 1.54) is 11.1 Å². The van der Waals surface area contributed by atoms with E-state index in [2.05, 4.69) is 37.4 Å².